The summed E-state index contributed by atoms with van der Waals surface area (Å²) in [6, 6.07) is 5.57. The molecule has 148 valence electrons. The summed E-state index contributed by atoms with van der Waals surface area (Å²) in [7, 11) is 3.51. The molecule has 1 aromatic carbocycles. The van der Waals surface area contributed by atoms with Gasteiger partial charge in [0, 0.05) is 25.9 Å². The number of benzene rings is 1. The average Bonchev–Trinajstić information content (AvgIpc) is 3.03. The summed E-state index contributed by atoms with van der Waals surface area (Å²) in [4.78, 5) is 17.8. The average molecular weight is 400 g/mol. The van der Waals surface area contributed by atoms with Gasteiger partial charge in [0.25, 0.3) is 5.56 Å². The van der Waals surface area contributed by atoms with Crippen molar-refractivity contribution in [1.29, 1.82) is 0 Å². The highest BCUT2D eigenvalue weighted by atomic mass is 32.2. The van der Waals surface area contributed by atoms with Crippen molar-refractivity contribution in [3.63, 3.8) is 0 Å². The summed E-state index contributed by atoms with van der Waals surface area (Å²) in [5.41, 5.74) is 3.23. The van der Waals surface area contributed by atoms with Gasteiger partial charge < -0.3 is 4.55 Å². The Bertz CT molecular complexity index is 1140. The maximum Gasteiger partial charge on any atom is 0.261 e. The van der Waals surface area contributed by atoms with Crippen molar-refractivity contribution in [2.24, 2.45) is 18.5 Å². The minimum atomic E-state index is -1.40. The van der Waals surface area contributed by atoms with Crippen LogP contribution < -0.4 is 5.56 Å². The third kappa shape index (κ3) is 3.74. The Morgan fingerprint density at radius 1 is 1.25 bits per heavy atom. The highest BCUT2D eigenvalue weighted by Gasteiger charge is 2.27. The molecule has 0 aliphatic rings. The third-order valence-corrected chi connectivity index (χ3v) is 5.89. The third-order valence-electron chi connectivity index (χ3n) is 4.40. The van der Waals surface area contributed by atoms with Gasteiger partial charge in [0.05, 0.1) is 16.6 Å². The minimum Gasteiger partial charge on any atom is -0.591 e. The number of aromatic nitrogens is 4. The zero-order chi connectivity index (χ0) is 20.8. The SMILES string of the molecule is CC(=N[S@+]([O-])C(C)(C)C)c1cc(C)cc2c(=O)n(C)c(-c3ccn(C)n3)nc12. The predicted molar refractivity (Wildman–Crippen MR) is 114 cm³/mol. The largest absolute Gasteiger partial charge is 0.591 e. The first-order valence-electron chi connectivity index (χ1n) is 8.98. The molecule has 0 saturated carbocycles. The first kappa shape index (κ1) is 20.3. The molecule has 2 aromatic heterocycles. The van der Waals surface area contributed by atoms with Crippen LogP contribution in [0.5, 0.6) is 0 Å². The second-order valence-corrected chi connectivity index (χ2v) is 9.83. The smallest absolute Gasteiger partial charge is 0.261 e. The molecule has 28 heavy (non-hydrogen) atoms. The van der Waals surface area contributed by atoms with E-state index in [2.05, 4.69) is 9.50 Å². The monoisotopic (exact) mass is 399 g/mol. The summed E-state index contributed by atoms with van der Waals surface area (Å²) in [6.07, 6.45) is 1.81. The van der Waals surface area contributed by atoms with Gasteiger partial charge in [-0.15, -0.1) is 0 Å². The van der Waals surface area contributed by atoms with E-state index >= 15 is 0 Å². The zero-order valence-corrected chi connectivity index (χ0v) is 18.1. The van der Waals surface area contributed by atoms with Crippen LogP contribution in [0.15, 0.2) is 33.6 Å². The van der Waals surface area contributed by atoms with E-state index in [9.17, 15) is 9.35 Å². The standard InChI is InChI=1S/C20H25N5O2S/c1-12-10-14(13(2)23-28(27)20(3,4)5)17-15(11-12)19(26)25(7)18(21-17)16-8-9-24(6)22-16/h8-11H,1-7H3/t28-/m1/s1. The number of fused-ring (bicyclic) bond motifs is 1. The van der Waals surface area contributed by atoms with E-state index in [1.807, 2.05) is 52.9 Å². The lowest BCUT2D eigenvalue weighted by molar-refractivity contribution is 0.561. The maximum absolute atomic E-state index is 13.0. The predicted octanol–water partition coefficient (Wildman–Crippen LogP) is 2.91. The lowest BCUT2D eigenvalue weighted by Gasteiger charge is -2.19. The Hall–Kier alpha value is -2.45. The van der Waals surface area contributed by atoms with Gasteiger partial charge in [-0.25, -0.2) is 4.98 Å². The second kappa shape index (κ2) is 7.18. The van der Waals surface area contributed by atoms with Gasteiger partial charge >= 0.3 is 0 Å². The molecule has 0 N–H and O–H groups in total. The van der Waals surface area contributed by atoms with Crippen LogP contribution in [-0.2, 0) is 25.5 Å². The molecule has 0 aliphatic carbocycles. The maximum atomic E-state index is 13.0. The molecule has 8 heteroatoms. The Kier molecular flexibility index (Phi) is 5.20. The molecule has 0 spiro atoms. The molecule has 0 unspecified atom stereocenters. The molecule has 3 aromatic rings. The van der Waals surface area contributed by atoms with Gasteiger partial charge in [-0.3, -0.25) is 14.0 Å². The highest BCUT2D eigenvalue weighted by molar-refractivity contribution is 7.91. The molecule has 0 fully saturated rings. The fourth-order valence-electron chi connectivity index (χ4n) is 2.87. The molecule has 0 amide bonds. The van der Waals surface area contributed by atoms with E-state index in [4.69, 9.17) is 4.98 Å². The van der Waals surface area contributed by atoms with E-state index in [-0.39, 0.29) is 5.56 Å². The number of rotatable bonds is 3. The summed E-state index contributed by atoms with van der Waals surface area (Å²) in [6.45, 7) is 9.35. The number of aryl methyl sites for hydroxylation is 2. The number of hydrogen-bond acceptors (Lipinski definition) is 5. The number of nitrogens with zero attached hydrogens (tertiary/aromatic N) is 5. The van der Waals surface area contributed by atoms with Crippen LogP contribution in [0.2, 0.25) is 0 Å². The Morgan fingerprint density at radius 3 is 2.50 bits per heavy atom. The Balaban J connectivity index is 2.31. The van der Waals surface area contributed by atoms with E-state index in [1.165, 1.54) is 4.57 Å². The zero-order valence-electron chi connectivity index (χ0n) is 17.3. The van der Waals surface area contributed by atoms with Crippen LogP contribution in [-0.4, -0.2) is 34.3 Å². The summed E-state index contributed by atoms with van der Waals surface area (Å²) in [5, 5.41) is 4.89. The van der Waals surface area contributed by atoms with Crippen LogP contribution in [0, 0.1) is 6.92 Å². The Labute approximate surface area is 167 Å². The van der Waals surface area contributed by atoms with Gasteiger partial charge in [-0.05, 0) is 58.4 Å². The van der Waals surface area contributed by atoms with Gasteiger partial charge in [-0.1, -0.05) is 4.40 Å². The van der Waals surface area contributed by atoms with Gasteiger partial charge in [0.2, 0.25) is 0 Å². The van der Waals surface area contributed by atoms with Crippen molar-refractivity contribution in [2.75, 3.05) is 0 Å². The minimum absolute atomic E-state index is 0.152. The fourth-order valence-corrected chi connectivity index (χ4v) is 3.49. The first-order valence-corrected chi connectivity index (χ1v) is 10.1. The molecular formula is C20H25N5O2S. The second-order valence-electron chi connectivity index (χ2n) is 7.92. The molecule has 2 heterocycles. The summed E-state index contributed by atoms with van der Waals surface area (Å²) < 4.78 is 19.6. The molecule has 0 saturated heterocycles. The highest BCUT2D eigenvalue weighted by Crippen LogP contribution is 2.24. The van der Waals surface area contributed by atoms with Crippen molar-refractivity contribution in [1.82, 2.24) is 19.3 Å². The number of hydrogen-bond donors (Lipinski definition) is 0. The van der Waals surface area contributed by atoms with Crippen LogP contribution >= 0.6 is 0 Å². The molecule has 0 bridgehead atoms. The first-order chi connectivity index (χ1) is 13.0. The van der Waals surface area contributed by atoms with Gasteiger partial charge in [0.15, 0.2) is 5.82 Å². The quantitative estimate of drug-likeness (QED) is 0.500. The van der Waals surface area contributed by atoms with Crippen molar-refractivity contribution >= 4 is 28.0 Å². The lowest BCUT2D eigenvalue weighted by atomic mass is 10.0. The summed E-state index contributed by atoms with van der Waals surface area (Å²) in [5.74, 6) is 0.480. The van der Waals surface area contributed by atoms with Crippen LogP contribution in [0.3, 0.4) is 0 Å². The summed E-state index contributed by atoms with van der Waals surface area (Å²) >= 11 is -1.40. The Morgan fingerprint density at radius 2 is 1.93 bits per heavy atom. The van der Waals surface area contributed by atoms with Crippen LogP contribution in [0.4, 0.5) is 0 Å². The van der Waals surface area contributed by atoms with E-state index in [0.717, 1.165) is 5.56 Å². The van der Waals surface area contributed by atoms with Gasteiger partial charge in [0.1, 0.15) is 21.8 Å². The van der Waals surface area contributed by atoms with Crippen LogP contribution in [0.1, 0.15) is 38.8 Å². The van der Waals surface area contributed by atoms with Crippen molar-refractivity contribution in [3.05, 3.63) is 45.9 Å². The molecule has 0 radical (unpaired) electrons. The molecule has 7 nitrogen and oxygen atoms in total. The van der Waals surface area contributed by atoms with E-state index in [1.54, 1.807) is 24.9 Å². The molecule has 0 aliphatic heterocycles. The molecule has 3 rings (SSSR count). The topological polar surface area (TPSA) is 88.1 Å². The van der Waals surface area contributed by atoms with E-state index in [0.29, 0.717) is 33.7 Å². The van der Waals surface area contributed by atoms with Crippen molar-refractivity contribution in [2.45, 2.75) is 39.4 Å². The molecule has 1 atom stereocenters. The van der Waals surface area contributed by atoms with E-state index < -0.39 is 16.1 Å². The van der Waals surface area contributed by atoms with Crippen molar-refractivity contribution < 1.29 is 4.55 Å². The normalized spacial score (nSPS) is 13.9. The van der Waals surface area contributed by atoms with Crippen LogP contribution in [0.25, 0.3) is 22.4 Å². The fraction of sp³-hybridized carbons (Fsp3) is 0.400. The lowest BCUT2D eigenvalue weighted by Crippen LogP contribution is -2.27. The van der Waals surface area contributed by atoms with Gasteiger partial charge in [-0.2, -0.15) is 5.10 Å². The van der Waals surface area contributed by atoms with Crippen molar-refractivity contribution in [3.8, 4) is 11.5 Å². The molecular weight excluding hydrogens is 374 g/mol.